The van der Waals surface area contributed by atoms with Gasteiger partial charge in [-0.05, 0) is 0 Å². The molecule has 5 aromatic rings. The molecule has 32 heavy (non-hydrogen) atoms. The van der Waals surface area contributed by atoms with Crippen LogP contribution in [0, 0.1) is 11.3 Å². The van der Waals surface area contributed by atoms with Crippen LogP contribution in [0.2, 0.25) is 0 Å². The quantitative estimate of drug-likeness (QED) is 0.299. The summed E-state index contributed by atoms with van der Waals surface area (Å²) < 4.78 is 6.65. The first-order chi connectivity index (χ1) is 15.1. The molecular formula is C28H23BrNOP. The Kier molecular flexibility index (Phi) is 5.78. The number of nitriles is 1. The van der Waals surface area contributed by atoms with Crippen LogP contribution in [-0.2, 0) is 0 Å². The normalized spacial score (nSPS) is 12.3. The number of hydrogen-bond acceptors (Lipinski definition) is 2. The summed E-state index contributed by atoms with van der Waals surface area (Å²) in [7, 11) is 0. The van der Waals surface area contributed by atoms with Gasteiger partial charge in [-0.15, -0.1) is 17.0 Å². The molecule has 0 aliphatic heterocycles. The molecule has 0 atom stereocenters. The molecule has 1 heterocycles. The third kappa shape index (κ3) is 3.11. The number of furan rings is 1. The van der Waals surface area contributed by atoms with Gasteiger partial charge in [-0.1, -0.05) is 0 Å². The van der Waals surface area contributed by atoms with E-state index < -0.39 is 6.60 Å². The third-order valence-electron chi connectivity index (χ3n) is 6.39. The zero-order valence-corrected chi connectivity index (χ0v) is 20.3. The van der Waals surface area contributed by atoms with Crippen molar-refractivity contribution in [2.24, 2.45) is 0 Å². The SMILES string of the molecule is Br.CP(c1ccccc1)(c1ccccc1)(c1ccccc1)c1cc2ccc(C#N)cc2o1. The van der Waals surface area contributed by atoms with Crippen LogP contribution in [0.15, 0.2) is 120 Å². The van der Waals surface area contributed by atoms with Crippen LogP contribution in [0.1, 0.15) is 5.56 Å². The Morgan fingerprint density at radius 2 is 1.12 bits per heavy atom. The second-order valence-electron chi connectivity index (χ2n) is 8.02. The van der Waals surface area contributed by atoms with E-state index in [0.29, 0.717) is 5.56 Å². The van der Waals surface area contributed by atoms with Crippen molar-refractivity contribution in [1.29, 1.82) is 5.26 Å². The average molecular weight is 500 g/mol. The van der Waals surface area contributed by atoms with Crippen LogP contribution in [-0.4, -0.2) is 6.66 Å². The van der Waals surface area contributed by atoms with E-state index in [-0.39, 0.29) is 17.0 Å². The maximum atomic E-state index is 9.36. The number of halogens is 1. The van der Waals surface area contributed by atoms with E-state index in [4.69, 9.17) is 4.42 Å². The van der Waals surface area contributed by atoms with Gasteiger partial charge in [0.1, 0.15) is 0 Å². The zero-order chi connectivity index (χ0) is 21.3. The van der Waals surface area contributed by atoms with E-state index in [1.54, 1.807) is 0 Å². The van der Waals surface area contributed by atoms with Crippen LogP contribution in [0.3, 0.4) is 0 Å². The standard InChI is InChI=1S/C28H22NOP.BrH/c1-31(24-11-5-2-6-12-24,25-13-7-3-8-14-25,26-15-9-4-10-16-26)28-20-23-18-17-22(21-29)19-27(23)30-28;/h2-20H,1H3;1H. The third-order valence-corrected chi connectivity index (χ3v) is 12.5. The zero-order valence-electron chi connectivity index (χ0n) is 17.7. The average Bonchev–Trinajstić information content (AvgIpc) is 3.29. The predicted molar refractivity (Wildman–Crippen MR) is 142 cm³/mol. The molecule has 0 radical (unpaired) electrons. The molecule has 5 rings (SSSR count). The number of rotatable bonds is 4. The van der Waals surface area contributed by atoms with E-state index >= 15 is 0 Å². The van der Waals surface area contributed by atoms with Crippen LogP contribution in [0.5, 0.6) is 0 Å². The Labute approximate surface area is 198 Å². The Hall–Kier alpha value is -3.18. The Morgan fingerprint density at radius 3 is 1.56 bits per heavy atom. The molecule has 158 valence electrons. The molecule has 0 saturated carbocycles. The van der Waals surface area contributed by atoms with E-state index in [9.17, 15) is 5.26 Å². The fourth-order valence-electron chi connectivity index (χ4n) is 4.59. The van der Waals surface area contributed by atoms with E-state index in [1.807, 2.05) is 18.2 Å². The van der Waals surface area contributed by atoms with Gasteiger partial charge in [0.05, 0.1) is 0 Å². The molecule has 0 N–H and O–H groups in total. The maximum absolute atomic E-state index is 9.36. The summed E-state index contributed by atoms with van der Waals surface area (Å²) in [5, 5.41) is 14.1. The van der Waals surface area contributed by atoms with Gasteiger partial charge >= 0.3 is 182 Å². The number of hydrogen-bond donors (Lipinski definition) is 0. The van der Waals surface area contributed by atoms with E-state index in [0.717, 1.165) is 16.5 Å². The summed E-state index contributed by atoms with van der Waals surface area (Å²) in [5.74, 6) is 0. The predicted octanol–water partition coefficient (Wildman–Crippen LogP) is 5.67. The van der Waals surface area contributed by atoms with Crippen molar-refractivity contribution >= 4 is 56.0 Å². The molecule has 0 saturated heterocycles. The molecule has 0 aliphatic rings. The fourth-order valence-corrected chi connectivity index (χ4v) is 9.79. The van der Waals surface area contributed by atoms with Crippen molar-refractivity contribution in [3.8, 4) is 6.07 Å². The molecular weight excluding hydrogens is 477 g/mol. The van der Waals surface area contributed by atoms with Crippen LogP contribution < -0.4 is 21.4 Å². The molecule has 0 unspecified atom stereocenters. The fraction of sp³-hybridized carbons (Fsp3) is 0.0357. The van der Waals surface area contributed by atoms with E-state index in [2.05, 4.69) is 110 Å². The van der Waals surface area contributed by atoms with Gasteiger partial charge in [-0.3, -0.25) is 0 Å². The van der Waals surface area contributed by atoms with Gasteiger partial charge in [-0.25, -0.2) is 0 Å². The first-order valence-corrected chi connectivity index (χ1v) is 13.0. The molecule has 0 aliphatic carbocycles. The van der Waals surface area contributed by atoms with Crippen molar-refractivity contribution in [3.05, 3.63) is 121 Å². The molecule has 0 fully saturated rings. The Balaban J connectivity index is 0.00000245. The molecule has 0 bridgehead atoms. The topological polar surface area (TPSA) is 36.9 Å². The molecule has 4 heteroatoms. The van der Waals surface area contributed by atoms with Crippen molar-refractivity contribution in [3.63, 3.8) is 0 Å². The number of benzene rings is 4. The Morgan fingerprint density at radius 1 is 0.656 bits per heavy atom. The van der Waals surface area contributed by atoms with Crippen molar-refractivity contribution in [1.82, 2.24) is 0 Å². The summed E-state index contributed by atoms with van der Waals surface area (Å²) in [6, 6.07) is 42.1. The second-order valence-corrected chi connectivity index (χ2v) is 13.1. The monoisotopic (exact) mass is 499 g/mol. The second kappa shape index (κ2) is 8.40. The number of nitrogens with zero attached hydrogens (tertiary/aromatic N) is 1. The summed E-state index contributed by atoms with van der Waals surface area (Å²) in [6.45, 7) is -0.814. The van der Waals surface area contributed by atoms with Gasteiger partial charge in [0.2, 0.25) is 0 Å². The van der Waals surface area contributed by atoms with Crippen molar-refractivity contribution < 1.29 is 4.42 Å². The molecule has 1 aromatic heterocycles. The first-order valence-electron chi connectivity index (χ1n) is 10.3. The first kappa shape index (κ1) is 22.0. The van der Waals surface area contributed by atoms with Gasteiger partial charge in [0, 0.05) is 0 Å². The van der Waals surface area contributed by atoms with Gasteiger partial charge in [0.25, 0.3) is 0 Å². The van der Waals surface area contributed by atoms with Gasteiger partial charge in [-0.2, -0.15) is 0 Å². The summed E-state index contributed by atoms with van der Waals surface area (Å²) in [4.78, 5) is 0. The van der Waals surface area contributed by atoms with Crippen molar-refractivity contribution in [2.45, 2.75) is 0 Å². The minimum absolute atomic E-state index is 0. The van der Waals surface area contributed by atoms with Crippen LogP contribution in [0.4, 0.5) is 0 Å². The summed E-state index contributed by atoms with van der Waals surface area (Å²) in [6.07, 6.45) is 0. The van der Waals surface area contributed by atoms with Crippen molar-refractivity contribution in [2.75, 3.05) is 6.66 Å². The number of fused-ring (bicyclic) bond motifs is 1. The van der Waals surface area contributed by atoms with Crippen LogP contribution in [0.25, 0.3) is 11.0 Å². The van der Waals surface area contributed by atoms with Gasteiger partial charge in [0.15, 0.2) is 0 Å². The summed E-state index contributed by atoms with van der Waals surface area (Å²) >= 11 is 0. The van der Waals surface area contributed by atoms with E-state index in [1.165, 1.54) is 15.9 Å². The molecule has 2 nitrogen and oxygen atoms in total. The van der Waals surface area contributed by atoms with Crippen LogP contribution >= 0.6 is 23.6 Å². The van der Waals surface area contributed by atoms with Gasteiger partial charge < -0.3 is 0 Å². The molecule has 4 aromatic carbocycles. The minimum atomic E-state index is -3.18. The summed E-state index contributed by atoms with van der Waals surface area (Å²) in [5.41, 5.74) is 2.29. The molecule has 0 amide bonds. The Bertz CT molecular complexity index is 1310. The molecule has 0 spiro atoms.